The summed E-state index contributed by atoms with van der Waals surface area (Å²) in [5.74, 6) is -0.354. The van der Waals surface area contributed by atoms with Crippen LogP contribution in [0, 0.1) is 0 Å². The van der Waals surface area contributed by atoms with Gasteiger partial charge in [0, 0.05) is 6.20 Å². The number of aromatic nitrogens is 4. The maximum atomic E-state index is 12.2. The quantitative estimate of drug-likeness (QED) is 0.842. The summed E-state index contributed by atoms with van der Waals surface area (Å²) in [5.41, 5.74) is 0.140. The molecule has 0 bridgehead atoms. The first-order valence-corrected chi connectivity index (χ1v) is 4.77. The minimum Gasteiger partial charge on any atom is -0.338 e. The average Bonchev–Trinajstić information content (AvgIpc) is 2.87. The minimum atomic E-state index is -2.51. The molecule has 2 aromatic rings. The summed E-state index contributed by atoms with van der Waals surface area (Å²) < 4.78 is 25.7. The molecule has 0 saturated carbocycles. The molecule has 2 aromatic heterocycles. The predicted octanol–water partition coefficient (Wildman–Crippen LogP) is 1.12. The van der Waals surface area contributed by atoms with Crippen LogP contribution >= 0.6 is 0 Å². The highest BCUT2D eigenvalue weighted by Crippen LogP contribution is 2.08. The van der Waals surface area contributed by atoms with E-state index in [0.717, 1.165) is 0 Å². The van der Waals surface area contributed by atoms with Crippen LogP contribution in [0.3, 0.4) is 0 Å². The molecule has 6 nitrogen and oxygen atoms in total. The van der Waals surface area contributed by atoms with E-state index in [2.05, 4.69) is 20.5 Å². The molecular weight excluding hydrogens is 232 g/mol. The first-order chi connectivity index (χ1) is 8.16. The average molecular weight is 241 g/mol. The van der Waals surface area contributed by atoms with Gasteiger partial charge in [-0.2, -0.15) is 10.1 Å². The number of carbonyl (C=O) groups excluding carboxylic acids is 1. The van der Waals surface area contributed by atoms with Gasteiger partial charge in [-0.15, -0.1) is 0 Å². The van der Waals surface area contributed by atoms with Crippen molar-refractivity contribution >= 4 is 11.9 Å². The van der Waals surface area contributed by atoms with Gasteiger partial charge < -0.3 is 4.57 Å². The van der Waals surface area contributed by atoms with Gasteiger partial charge in [-0.3, -0.25) is 10.1 Å². The van der Waals surface area contributed by atoms with E-state index in [-0.39, 0.29) is 11.6 Å². The number of nitrogens with one attached hydrogen (secondary N) is 2. The van der Waals surface area contributed by atoms with Crippen molar-refractivity contribution in [3.05, 3.63) is 30.4 Å². The van der Waals surface area contributed by atoms with Gasteiger partial charge in [0.05, 0.1) is 6.54 Å². The fourth-order valence-electron chi connectivity index (χ4n) is 1.37. The second-order valence-corrected chi connectivity index (χ2v) is 3.23. The Morgan fingerprint density at radius 3 is 3.06 bits per heavy atom. The number of amides is 1. The van der Waals surface area contributed by atoms with Gasteiger partial charge >= 0.3 is 0 Å². The molecule has 0 fully saturated rings. The Morgan fingerprint density at radius 1 is 1.59 bits per heavy atom. The van der Waals surface area contributed by atoms with Gasteiger partial charge in [0.15, 0.2) is 0 Å². The number of H-pyrrole nitrogens is 1. The number of alkyl halides is 2. The zero-order valence-electron chi connectivity index (χ0n) is 8.60. The molecule has 0 unspecified atom stereocenters. The van der Waals surface area contributed by atoms with Gasteiger partial charge in [-0.05, 0) is 12.1 Å². The Balaban J connectivity index is 2.11. The molecule has 8 heteroatoms. The van der Waals surface area contributed by atoms with Crippen LogP contribution in [0.15, 0.2) is 24.7 Å². The number of rotatable bonds is 4. The highest BCUT2D eigenvalue weighted by molar-refractivity contribution is 6.02. The molecule has 0 spiro atoms. The maximum absolute atomic E-state index is 12.2. The van der Waals surface area contributed by atoms with Crippen LogP contribution in [0.25, 0.3) is 0 Å². The summed E-state index contributed by atoms with van der Waals surface area (Å²) in [7, 11) is 0. The van der Waals surface area contributed by atoms with Crippen LogP contribution in [0.5, 0.6) is 0 Å². The van der Waals surface area contributed by atoms with Crippen molar-refractivity contribution < 1.29 is 13.6 Å². The van der Waals surface area contributed by atoms with E-state index >= 15 is 0 Å². The van der Waals surface area contributed by atoms with E-state index in [1.807, 2.05) is 0 Å². The van der Waals surface area contributed by atoms with Crippen molar-refractivity contribution in [3.8, 4) is 0 Å². The lowest BCUT2D eigenvalue weighted by molar-refractivity contribution is 0.0997. The zero-order valence-corrected chi connectivity index (χ0v) is 8.60. The van der Waals surface area contributed by atoms with Crippen molar-refractivity contribution in [3.63, 3.8) is 0 Å². The molecule has 0 saturated heterocycles. The zero-order chi connectivity index (χ0) is 12.3. The third-order valence-corrected chi connectivity index (χ3v) is 2.04. The smallest absolute Gasteiger partial charge is 0.274 e. The molecule has 90 valence electrons. The molecular formula is C9H9F2N5O. The summed E-state index contributed by atoms with van der Waals surface area (Å²) in [5, 5.41) is 8.39. The van der Waals surface area contributed by atoms with Gasteiger partial charge in [0.1, 0.15) is 12.0 Å². The third-order valence-electron chi connectivity index (χ3n) is 2.04. The van der Waals surface area contributed by atoms with E-state index < -0.39 is 18.9 Å². The Hall–Kier alpha value is -2.25. The van der Waals surface area contributed by atoms with E-state index in [1.165, 1.54) is 29.2 Å². The Kier molecular flexibility index (Phi) is 3.12. The number of aromatic amines is 1. The summed E-state index contributed by atoms with van der Waals surface area (Å²) in [6.07, 6.45) is 0.133. The topological polar surface area (TPSA) is 75.6 Å². The monoisotopic (exact) mass is 241 g/mol. The number of carbonyl (C=O) groups is 1. The molecule has 2 N–H and O–H groups in total. The molecule has 0 aliphatic heterocycles. The first kappa shape index (κ1) is 11.2. The Morgan fingerprint density at radius 2 is 2.41 bits per heavy atom. The third kappa shape index (κ3) is 2.65. The molecule has 0 atom stereocenters. The molecule has 0 radical (unpaired) electrons. The fourth-order valence-corrected chi connectivity index (χ4v) is 1.37. The lowest BCUT2D eigenvalue weighted by Gasteiger charge is -2.07. The standard InChI is InChI=1S/C9H9F2N5O/c10-7(11)4-16-3-1-2-6(16)8(17)14-9-12-5-13-15-9/h1-3,5,7H,4H2,(H2,12,13,14,15,17). The molecule has 0 aliphatic carbocycles. The van der Waals surface area contributed by atoms with Crippen LogP contribution in [0.2, 0.25) is 0 Å². The first-order valence-electron chi connectivity index (χ1n) is 4.77. The van der Waals surface area contributed by atoms with Gasteiger partial charge in [0.2, 0.25) is 5.95 Å². The number of nitrogens with zero attached hydrogens (tertiary/aromatic N) is 3. The number of anilines is 1. The van der Waals surface area contributed by atoms with Crippen LogP contribution in [-0.2, 0) is 6.54 Å². The van der Waals surface area contributed by atoms with Gasteiger partial charge in [0.25, 0.3) is 12.3 Å². The Labute approximate surface area is 94.7 Å². The van der Waals surface area contributed by atoms with Crippen LogP contribution in [0.4, 0.5) is 14.7 Å². The van der Waals surface area contributed by atoms with Crippen molar-refractivity contribution in [2.45, 2.75) is 13.0 Å². The largest absolute Gasteiger partial charge is 0.338 e. The van der Waals surface area contributed by atoms with Crippen LogP contribution in [-0.4, -0.2) is 32.1 Å². The van der Waals surface area contributed by atoms with Crippen LogP contribution in [0.1, 0.15) is 10.5 Å². The number of halogens is 2. The molecule has 2 heterocycles. The SMILES string of the molecule is O=C(Nc1ncn[nH]1)c1cccn1CC(F)F. The normalized spacial score (nSPS) is 10.8. The van der Waals surface area contributed by atoms with E-state index in [1.54, 1.807) is 0 Å². The molecule has 17 heavy (non-hydrogen) atoms. The Bertz CT molecular complexity index is 493. The van der Waals surface area contributed by atoms with Crippen LogP contribution < -0.4 is 5.32 Å². The maximum Gasteiger partial charge on any atom is 0.274 e. The summed E-state index contributed by atoms with van der Waals surface area (Å²) in [6, 6.07) is 2.98. The highest BCUT2D eigenvalue weighted by atomic mass is 19.3. The van der Waals surface area contributed by atoms with Crippen molar-refractivity contribution in [2.75, 3.05) is 5.32 Å². The number of hydrogen-bond donors (Lipinski definition) is 2. The fraction of sp³-hybridized carbons (Fsp3) is 0.222. The van der Waals surface area contributed by atoms with E-state index in [4.69, 9.17) is 0 Å². The molecule has 0 aliphatic rings. The second kappa shape index (κ2) is 4.73. The van der Waals surface area contributed by atoms with E-state index in [0.29, 0.717) is 0 Å². The van der Waals surface area contributed by atoms with Crippen molar-refractivity contribution in [1.29, 1.82) is 0 Å². The van der Waals surface area contributed by atoms with Gasteiger partial charge in [-0.25, -0.2) is 13.9 Å². The second-order valence-electron chi connectivity index (χ2n) is 3.23. The summed E-state index contributed by atoms with van der Waals surface area (Å²) in [6.45, 7) is -0.522. The summed E-state index contributed by atoms with van der Waals surface area (Å²) >= 11 is 0. The summed E-state index contributed by atoms with van der Waals surface area (Å²) in [4.78, 5) is 15.4. The van der Waals surface area contributed by atoms with Crippen molar-refractivity contribution in [2.24, 2.45) is 0 Å². The lowest BCUT2D eigenvalue weighted by Crippen LogP contribution is -2.19. The molecule has 1 amide bonds. The van der Waals surface area contributed by atoms with E-state index in [9.17, 15) is 13.6 Å². The molecule has 2 rings (SSSR count). The minimum absolute atomic E-state index is 0.140. The predicted molar refractivity (Wildman–Crippen MR) is 54.8 cm³/mol. The highest BCUT2D eigenvalue weighted by Gasteiger charge is 2.14. The molecule has 0 aromatic carbocycles. The number of hydrogen-bond acceptors (Lipinski definition) is 3. The lowest BCUT2D eigenvalue weighted by atomic mass is 10.4. The van der Waals surface area contributed by atoms with Crippen molar-refractivity contribution in [1.82, 2.24) is 19.7 Å². The van der Waals surface area contributed by atoms with Gasteiger partial charge in [-0.1, -0.05) is 0 Å².